The fourth-order valence-corrected chi connectivity index (χ4v) is 1.57. The smallest absolute Gasteiger partial charge is 0.309 e. The van der Waals surface area contributed by atoms with Gasteiger partial charge in [-0.2, -0.15) is 0 Å². The van der Waals surface area contributed by atoms with Crippen LogP contribution in [0.25, 0.3) is 0 Å². The summed E-state index contributed by atoms with van der Waals surface area (Å²) in [5.41, 5.74) is -0.0176. The predicted molar refractivity (Wildman–Crippen MR) is 53.9 cm³/mol. The normalized spacial score (nSPS) is 23.0. The maximum Gasteiger partial charge on any atom is 0.309 e. The Labute approximate surface area is 85.8 Å². The number of rotatable bonds is 4. The van der Waals surface area contributed by atoms with E-state index in [1.54, 1.807) is 0 Å². The molecule has 0 bridgehead atoms. The molecule has 1 aliphatic rings. The number of hydrogen-bond acceptors (Lipinski definition) is 3. The van der Waals surface area contributed by atoms with Crippen LogP contribution in [0.2, 0.25) is 0 Å². The van der Waals surface area contributed by atoms with E-state index in [1.165, 1.54) is 0 Å². The molecule has 0 saturated carbocycles. The molecule has 2 atom stereocenters. The van der Waals surface area contributed by atoms with Crippen molar-refractivity contribution in [1.82, 2.24) is 0 Å². The summed E-state index contributed by atoms with van der Waals surface area (Å²) in [5, 5.41) is 0. The van der Waals surface area contributed by atoms with Gasteiger partial charge in [-0.3, -0.25) is 4.79 Å². The fourth-order valence-electron chi connectivity index (χ4n) is 1.57. The van der Waals surface area contributed by atoms with E-state index in [0.29, 0.717) is 6.61 Å². The minimum atomic E-state index is -0.0875. The standard InChI is InChI=1S/C11H20O3/c1-5-9(11(2,3)4)10(12)14-7-8-6-13-8/h8-9H,5-7H2,1-4H3. The molecule has 0 aromatic rings. The second-order valence-electron chi connectivity index (χ2n) is 4.91. The molecule has 1 heterocycles. The van der Waals surface area contributed by atoms with Gasteiger partial charge in [-0.05, 0) is 11.8 Å². The van der Waals surface area contributed by atoms with Gasteiger partial charge < -0.3 is 9.47 Å². The molecule has 1 fully saturated rings. The van der Waals surface area contributed by atoms with Crippen molar-refractivity contribution >= 4 is 5.97 Å². The molecule has 1 saturated heterocycles. The van der Waals surface area contributed by atoms with Crippen LogP contribution in [0.1, 0.15) is 34.1 Å². The van der Waals surface area contributed by atoms with E-state index in [-0.39, 0.29) is 23.4 Å². The summed E-state index contributed by atoms with van der Waals surface area (Å²) in [6, 6.07) is 0. The lowest BCUT2D eigenvalue weighted by atomic mass is 9.79. The molecule has 2 unspecified atom stereocenters. The van der Waals surface area contributed by atoms with Crippen molar-refractivity contribution in [1.29, 1.82) is 0 Å². The maximum atomic E-state index is 11.7. The summed E-state index contributed by atoms with van der Waals surface area (Å²) in [6.07, 6.45) is 0.991. The van der Waals surface area contributed by atoms with Crippen LogP contribution in [0.3, 0.4) is 0 Å². The summed E-state index contributed by atoms with van der Waals surface area (Å²) in [5.74, 6) is -0.100. The van der Waals surface area contributed by atoms with Gasteiger partial charge in [0, 0.05) is 0 Å². The molecule has 1 aliphatic heterocycles. The molecule has 0 aromatic carbocycles. The summed E-state index contributed by atoms with van der Waals surface area (Å²) in [6.45, 7) is 9.37. The minimum Gasteiger partial charge on any atom is -0.463 e. The van der Waals surface area contributed by atoms with E-state index in [1.807, 2.05) is 6.92 Å². The van der Waals surface area contributed by atoms with Crippen molar-refractivity contribution in [3.05, 3.63) is 0 Å². The molecule has 0 aromatic heterocycles. The van der Waals surface area contributed by atoms with Gasteiger partial charge >= 0.3 is 5.97 Å². The molecule has 0 amide bonds. The van der Waals surface area contributed by atoms with Crippen molar-refractivity contribution in [2.45, 2.75) is 40.2 Å². The molecule has 82 valence electrons. The van der Waals surface area contributed by atoms with Crippen molar-refractivity contribution in [3.63, 3.8) is 0 Å². The van der Waals surface area contributed by atoms with E-state index < -0.39 is 0 Å². The molecule has 1 rings (SSSR count). The first kappa shape index (κ1) is 11.5. The molecule has 0 spiro atoms. The third-order valence-electron chi connectivity index (χ3n) is 2.55. The van der Waals surface area contributed by atoms with Crippen LogP contribution >= 0.6 is 0 Å². The second-order valence-corrected chi connectivity index (χ2v) is 4.91. The SMILES string of the molecule is CCC(C(=O)OCC1CO1)C(C)(C)C. The van der Waals surface area contributed by atoms with Crippen LogP contribution in [0.5, 0.6) is 0 Å². The average Bonchev–Trinajstić information content (AvgIpc) is 2.82. The van der Waals surface area contributed by atoms with E-state index in [4.69, 9.17) is 9.47 Å². The number of ether oxygens (including phenoxy) is 2. The molecule has 0 aliphatic carbocycles. The molecular weight excluding hydrogens is 180 g/mol. The highest BCUT2D eigenvalue weighted by atomic mass is 16.6. The Balaban J connectivity index is 2.38. The van der Waals surface area contributed by atoms with Crippen LogP contribution in [0, 0.1) is 11.3 Å². The van der Waals surface area contributed by atoms with Crippen molar-refractivity contribution in [2.24, 2.45) is 11.3 Å². The van der Waals surface area contributed by atoms with Gasteiger partial charge in [-0.15, -0.1) is 0 Å². The third kappa shape index (κ3) is 3.29. The summed E-state index contributed by atoms with van der Waals surface area (Å²) < 4.78 is 10.2. The van der Waals surface area contributed by atoms with Crippen LogP contribution in [-0.4, -0.2) is 25.3 Å². The Kier molecular flexibility index (Phi) is 3.53. The number of esters is 1. The zero-order valence-electron chi connectivity index (χ0n) is 9.50. The Morgan fingerprint density at radius 3 is 2.50 bits per heavy atom. The number of carbonyl (C=O) groups excluding carboxylic acids is 1. The summed E-state index contributed by atoms with van der Waals surface area (Å²) >= 11 is 0. The summed E-state index contributed by atoms with van der Waals surface area (Å²) in [4.78, 5) is 11.7. The van der Waals surface area contributed by atoms with Gasteiger partial charge in [-0.1, -0.05) is 27.7 Å². The van der Waals surface area contributed by atoms with E-state index in [2.05, 4.69) is 20.8 Å². The molecule has 0 radical (unpaired) electrons. The Hall–Kier alpha value is -0.570. The van der Waals surface area contributed by atoms with Crippen molar-refractivity contribution in [2.75, 3.05) is 13.2 Å². The van der Waals surface area contributed by atoms with E-state index in [0.717, 1.165) is 13.0 Å². The first-order chi connectivity index (χ1) is 6.45. The lowest BCUT2D eigenvalue weighted by Gasteiger charge is -2.27. The first-order valence-corrected chi connectivity index (χ1v) is 5.23. The highest BCUT2D eigenvalue weighted by molar-refractivity contribution is 5.73. The highest BCUT2D eigenvalue weighted by Crippen LogP contribution is 2.29. The van der Waals surface area contributed by atoms with Gasteiger partial charge in [0.15, 0.2) is 0 Å². The molecule has 3 heteroatoms. The maximum absolute atomic E-state index is 11.7. The van der Waals surface area contributed by atoms with Crippen molar-refractivity contribution in [3.8, 4) is 0 Å². The Morgan fingerprint density at radius 1 is 1.57 bits per heavy atom. The fraction of sp³-hybridized carbons (Fsp3) is 0.909. The van der Waals surface area contributed by atoms with E-state index in [9.17, 15) is 4.79 Å². The van der Waals surface area contributed by atoms with Crippen LogP contribution in [0.4, 0.5) is 0 Å². The topological polar surface area (TPSA) is 38.8 Å². The third-order valence-corrected chi connectivity index (χ3v) is 2.55. The number of hydrogen-bond donors (Lipinski definition) is 0. The zero-order valence-corrected chi connectivity index (χ0v) is 9.50. The average molecular weight is 200 g/mol. The van der Waals surface area contributed by atoms with Gasteiger partial charge in [0.25, 0.3) is 0 Å². The number of carbonyl (C=O) groups is 1. The molecule has 14 heavy (non-hydrogen) atoms. The quantitative estimate of drug-likeness (QED) is 0.514. The lowest BCUT2D eigenvalue weighted by Crippen LogP contribution is -2.30. The lowest BCUT2D eigenvalue weighted by molar-refractivity contribution is -0.153. The highest BCUT2D eigenvalue weighted by Gasteiger charge is 2.32. The monoisotopic (exact) mass is 200 g/mol. The van der Waals surface area contributed by atoms with Crippen molar-refractivity contribution < 1.29 is 14.3 Å². The minimum absolute atomic E-state index is 0.0127. The zero-order chi connectivity index (χ0) is 10.8. The Morgan fingerprint density at radius 2 is 2.14 bits per heavy atom. The first-order valence-electron chi connectivity index (χ1n) is 5.23. The van der Waals surface area contributed by atoms with Crippen LogP contribution in [-0.2, 0) is 14.3 Å². The second kappa shape index (κ2) is 4.30. The van der Waals surface area contributed by atoms with Crippen LogP contribution in [0.15, 0.2) is 0 Å². The Bertz CT molecular complexity index is 201. The molecule has 3 nitrogen and oxygen atoms in total. The van der Waals surface area contributed by atoms with Crippen LogP contribution < -0.4 is 0 Å². The van der Waals surface area contributed by atoms with Gasteiger partial charge in [0.05, 0.1) is 12.5 Å². The molecular formula is C11H20O3. The van der Waals surface area contributed by atoms with Gasteiger partial charge in [0.1, 0.15) is 12.7 Å². The predicted octanol–water partition coefficient (Wildman–Crippen LogP) is 2.00. The van der Waals surface area contributed by atoms with Gasteiger partial charge in [-0.25, -0.2) is 0 Å². The molecule has 0 N–H and O–H groups in total. The van der Waals surface area contributed by atoms with Gasteiger partial charge in [0.2, 0.25) is 0 Å². The number of epoxide rings is 1. The van der Waals surface area contributed by atoms with E-state index >= 15 is 0 Å². The largest absolute Gasteiger partial charge is 0.463 e. The summed E-state index contributed by atoms with van der Waals surface area (Å²) in [7, 11) is 0.